The molecule has 34 heavy (non-hydrogen) atoms. The molecule has 0 fully saturated rings. The molecule has 1 aromatic heterocycles. The largest absolute Gasteiger partial charge is 0.497 e. The first-order valence-electron chi connectivity index (χ1n) is 10.2. The number of fused-ring (bicyclic) bond motifs is 1. The highest BCUT2D eigenvalue weighted by atomic mass is 35.5. The van der Waals surface area contributed by atoms with Gasteiger partial charge in [0.2, 0.25) is 5.95 Å². The molecule has 0 radical (unpaired) electrons. The van der Waals surface area contributed by atoms with Gasteiger partial charge in [-0.25, -0.2) is 4.68 Å². The molecule has 4 rings (SSSR count). The highest BCUT2D eigenvalue weighted by Crippen LogP contribution is 2.41. The van der Waals surface area contributed by atoms with Crippen LogP contribution >= 0.6 is 11.6 Å². The van der Waals surface area contributed by atoms with E-state index in [1.54, 1.807) is 50.1 Å². The second kappa shape index (κ2) is 9.52. The van der Waals surface area contributed by atoms with Crippen LogP contribution in [0.1, 0.15) is 18.5 Å². The summed E-state index contributed by atoms with van der Waals surface area (Å²) in [5.41, 5.74) is 2.14. The lowest BCUT2D eigenvalue weighted by atomic mass is 9.94. The Labute approximate surface area is 201 Å². The first kappa shape index (κ1) is 23.2. The summed E-state index contributed by atoms with van der Waals surface area (Å²) >= 11 is 6.21. The van der Waals surface area contributed by atoms with Crippen LogP contribution in [-0.4, -0.2) is 49.1 Å². The molecule has 11 heteroatoms. The van der Waals surface area contributed by atoms with Gasteiger partial charge in [-0.2, -0.15) is 10.1 Å². The number of hydrogen-bond donors (Lipinski definition) is 2. The minimum Gasteiger partial charge on any atom is -0.497 e. The number of anilines is 2. The van der Waals surface area contributed by atoms with E-state index in [2.05, 4.69) is 20.7 Å². The third-order valence-electron chi connectivity index (χ3n) is 5.50. The van der Waals surface area contributed by atoms with Gasteiger partial charge < -0.3 is 29.6 Å². The Balaban J connectivity index is 1.81. The Kier molecular flexibility index (Phi) is 6.51. The summed E-state index contributed by atoms with van der Waals surface area (Å²) in [4.78, 5) is 18.0. The van der Waals surface area contributed by atoms with Crippen molar-refractivity contribution in [1.29, 1.82) is 0 Å². The van der Waals surface area contributed by atoms with Crippen molar-refractivity contribution in [3.63, 3.8) is 0 Å². The predicted molar refractivity (Wildman–Crippen MR) is 127 cm³/mol. The number of carbonyl (C=O) groups excluding carboxylic acids is 1. The first-order chi connectivity index (χ1) is 16.4. The molecule has 1 amide bonds. The average Bonchev–Trinajstić information content (AvgIpc) is 3.31. The highest BCUT2D eigenvalue weighted by molar-refractivity contribution is 6.32. The molecule has 2 N–H and O–H groups in total. The number of ether oxygens (including phenoxy) is 4. The molecule has 0 spiro atoms. The van der Waals surface area contributed by atoms with Gasteiger partial charge in [-0.05, 0) is 19.1 Å². The van der Waals surface area contributed by atoms with Gasteiger partial charge in [-0.1, -0.05) is 11.6 Å². The second-order valence-corrected chi connectivity index (χ2v) is 7.75. The lowest BCUT2D eigenvalue weighted by Crippen LogP contribution is -2.31. The van der Waals surface area contributed by atoms with E-state index in [0.717, 1.165) is 0 Å². The molecule has 1 atom stereocenters. The van der Waals surface area contributed by atoms with Gasteiger partial charge in [0.05, 0.1) is 44.7 Å². The maximum Gasteiger partial charge on any atom is 0.255 e. The van der Waals surface area contributed by atoms with Crippen LogP contribution in [0.15, 0.2) is 47.9 Å². The SMILES string of the molecule is COc1ccc(C2C(C(=O)Nc3cc(OC)c(Cl)cc3OC)=C(C)Nc3ncnn32)c(OC)c1. The summed E-state index contributed by atoms with van der Waals surface area (Å²) in [5.74, 6) is 2.08. The van der Waals surface area contributed by atoms with Crippen molar-refractivity contribution in [2.45, 2.75) is 13.0 Å². The fourth-order valence-corrected chi connectivity index (χ4v) is 4.10. The van der Waals surface area contributed by atoms with Crippen LogP contribution in [0.25, 0.3) is 0 Å². The lowest BCUT2D eigenvalue weighted by molar-refractivity contribution is -0.113. The van der Waals surface area contributed by atoms with Crippen LogP contribution in [0.2, 0.25) is 5.02 Å². The number of amides is 1. The molecule has 1 aliphatic rings. The highest BCUT2D eigenvalue weighted by Gasteiger charge is 2.35. The molecule has 2 heterocycles. The van der Waals surface area contributed by atoms with Crippen LogP contribution in [0.4, 0.5) is 11.6 Å². The number of nitrogens with one attached hydrogen (secondary N) is 2. The van der Waals surface area contributed by atoms with Crippen molar-refractivity contribution in [1.82, 2.24) is 14.8 Å². The van der Waals surface area contributed by atoms with Crippen molar-refractivity contribution in [2.24, 2.45) is 0 Å². The van der Waals surface area contributed by atoms with Crippen LogP contribution in [0, 0.1) is 0 Å². The van der Waals surface area contributed by atoms with Gasteiger partial charge in [-0.3, -0.25) is 4.79 Å². The Morgan fingerprint density at radius 3 is 2.44 bits per heavy atom. The number of aromatic nitrogens is 3. The zero-order valence-electron chi connectivity index (χ0n) is 19.3. The Morgan fingerprint density at radius 1 is 1.03 bits per heavy atom. The molecule has 0 bridgehead atoms. The van der Waals surface area contributed by atoms with Gasteiger partial charge in [0.15, 0.2) is 0 Å². The Morgan fingerprint density at radius 2 is 1.76 bits per heavy atom. The lowest BCUT2D eigenvalue weighted by Gasteiger charge is -2.29. The van der Waals surface area contributed by atoms with Crippen molar-refractivity contribution >= 4 is 29.1 Å². The summed E-state index contributed by atoms with van der Waals surface area (Å²) in [6.07, 6.45) is 1.42. The quantitative estimate of drug-likeness (QED) is 0.518. The molecule has 3 aromatic rings. The van der Waals surface area contributed by atoms with Crippen LogP contribution in [0.5, 0.6) is 23.0 Å². The number of halogens is 1. The van der Waals surface area contributed by atoms with E-state index in [4.69, 9.17) is 30.5 Å². The molecule has 0 aliphatic carbocycles. The van der Waals surface area contributed by atoms with E-state index in [-0.39, 0.29) is 5.91 Å². The molecule has 0 saturated carbocycles. The van der Waals surface area contributed by atoms with Crippen molar-refractivity contribution < 1.29 is 23.7 Å². The number of benzene rings is 2. The molecule has 0 saturated heterocycles. The van der Waals surface area contributed by atoms with Crippen molar-refractivity contribution in [3.05, 3.63) is 58.5 Å². The maximum atomic E-state index is 13.7. The van der Waals surface area contributed by atoms with E-state index in [1.165, 1.54) is 20.5 Å². The molecule has 2 aromatic carbocycles. The summed E-state index contributed by atoms with van der Waals surface area (Å²) in [5, 5.41) is 10.8. The van der Waals surface area contributed by atoms with E-state index in [0.29, 0.717) is 56.5 Å². The number of allylic oxidation sites excluding steroid dienone is 1. The third-order valence-corrected chi connectivity index (χ3v) is 5.79. The molecular formula is C23H24ClN5O5. The van der Waals surface area contributed by atoms with Gasteiger partial charge in [0, 0.05) is 29.5 Å². The zero-order chi connectivity index (χ0) is 24.4. The minimum absolute atomic E-state index is 0.361. The monoisotopic (exact) mass is 485 g/mol. The first-order valence-corrected chi connectivity index (χ1v) is 10.6. The van der Waals surface area contributed by atoms with Gasteiger partial charge in [-0.15, -0.1) is 0 Å². The fraction of sp³-hybridized carbons (Fsp3) is 0.261. The van der Waals surface area contributed by atoms with Crippen LogP contribution in [-0.2, 0) is 4.79 Å². The van der Waals surface area contributed by atoms with E-state index < -0.39 is 6.04 Å². The summed E-state index contributed by atoms with van der Waals surface area (Å²) < 4.78 is 23.3. The Hall–Kier alpha value is -3.92. The number of methoxy groups -OCH3 is 4. The predicted octanol–water partition coefficient (Wildman–Crippen LogP) is 3.89. The third kappa shape index (κ3) is 4.08. The van der Waals surface area contributed by atoms with E-state index in [9.17, 15) is 4.79 Å². The Bertz CT molecular complexity index is 1270. The molecule has 1 aliphatic heterocycles. The van der Waals surface area contributed by atoms with Crippen molar-refractivity contribution in [3.8, 4) is 23.0 Å². The van der Waals surface area contributed by atoms with E-state index >= 15 is 0 Å². The van der Waals surface area contributed by atoms with Gasteiger partial charge >= 0.3 is 0 Å². The number of carbonyl (C=O) groups is 1. The summed E-state index contributed by atoms with van der Waals surface area (Å²) in [7, 11) is 6.12. The zero-order valence-corrected chi connectivity index (χ0v) is 20.1. The van der Waals surface area contributed by atoms with Crippen LogP contribution < -0.4 is 29.6 Å². The minimum atomic E-state index is -0.625. The summed E-state index contributed by atoms with van der Waals surface area (Å²) in [6.45, 7) is 1.80. The number of rotatable bonds is 7. The summed E-state index contributed by atoms with van der Waals surface area (Å²) in [6, 6.07) is 7.96. The molecule has 1 unspecified atom stereocenters. The fourth-order valence-electron chi connectivity index (χ4n) is 3.86. The van der Waals surface area contributed by atoms with Gasteiger partial charge in [0.25, 0.3) is 5.91 Å². The normalized spacial score (nSPS) is 14.7. The number of hydrogen-bond acceptors (Lipinski definition) is 8. The van der Waals surface area contributed by atoms with Crippen LogP contribution in [0.3, 0.4) is 0 Å². The molecule has 10 nitrogen and oxygen atoms in total. The van der Waals surface area contributed by atoms with Crippen molar-refractivity contribution in [2.75, 3.05) is 39.1 Å². The molecular weight excluding hydrogens is 462 g/mol. The maximum absolute atomic E-state index is 13.7. The molecule has 178 valence electrons. The standard InChI is InChI=1S/C23H24ClN5O5/c1-12-20(22(30)28-16-10-18(33-4)15(24)9-19(16)34-5)21(29-23(27-12)25-11-26-29)14-7-6-13(31-2)8-17(14)32-3/h6-11,21H,1-5H3,(H,28,30)(H,25,26,27). The number of nitrogens with zero attached hydrogens (tertiary/aromatic N) is 3. The van der Waals surface area contributed by atoms with Gasteiger partial charge in [0.1, 0.15) is 35.4 Å². The van der Waals surface area contributed by atoms with E-state index in [1.807, 2.05) is 6.07 Å². The average molecular weight is 486 g/mol. The second-order valence-electron chi connectivity index (χ2n) is 7.34. The topological polar surface area (TPSA) is 109 Å². The smallest absolute Gasteiger partial charge is 0.255 e.